The van der Waals surface area contributed by atoms with Crippen molar-refractivity contribution >= 4 is 22.2 Å². The third-order valence-corrected chi connectivity index (χ3v) is 4.51. The van der Waals surface area contributed by atoms with Gasteiger partial charge in [0.05, 0.1) is 10.6 Å². The third-order valence-electron chi connectivity index (χ3n) is 3.45. The minimum atomic E-state index is 0.0430. The summed E-state index contributed by atoms with van der Waals surface area (Å²) in [5.74, 6) is 1.18. The van der Waals surface area contributed by atoms with E-state index >= 15 is 0 Å². The average Bonchev–Trinajstić information content (AvgIpc) is 2.53. The van der Waals surface area contributed by atoms with Crippen molar-refractivity contribution in [2.45, 2.75) is 32.6 Å². The lowest BCUT2D eigenvalue weighted by Crippen LogP contribution is -2.25. The van der Waals surface area contributed by atoms with E-state index in [4.69, 9.17) is 5.73 Å². The van der Waals surface area contributed by atoms with Crippen LogP contribution in [0.25, 0.3) is 0 Å². The number of thiophene rings is 1. The molecule has 0 spiro atoms. The second kappa shape index (κ2) is 4.33. The highest BCUT2D eigenvalue weighted by atomic mass is 32.1. The number of anilines is 1. The number of nitrogens with zero attached hydrogens (tertiary/aromatic N) is 1. The van der Waals surface area contributed by atoms with Crippen LogP contribution < -0.4 is 5.73 Å². The van der Waals surface area contributed by atoms with Gasteiger partial charge in [-0.15, -0.1) is 11.3 Å². The molecule has 0 radical (unpaired) electrons. The van der Waals surface area contributed by atoms with E-state index in [1.54, 1.807) is 30.3 Å². The second-order valence-electron chi connectivity index (χ2n) is 5.32. The first-order chi connectivity index (χ1) is 7.91. The largest absolute Gasteiger partial charge is 0.390 e. The highest BCUT2D eigenvalue weighted by Crippen LogP contribution is 2.44. The molecule has 0 bridgehead atoms. The molecule has 3 nitrogen and oxygen atoms in total. The fourth-order valence-electron chi connectivity index (χ4n) is 2.75. The zero-order valence-electron chi connectivity index (χ0n) is 10.9. The molecule has 1 amide bonds. The Morgan fingerprint density at radius 1 is 1.41 bits per heavy atom. The van der Waals surface area contributed by atoms with Crippen LogP contribution in [0.5, 0.6) is 0 Å². The van der Waals surface area contributed by atoms with Crippen LogP contribution in [-0.4, -0.2) is 24.9 Å². The maximum atomic E-state index is 12.2. The molecule has 2 rings (SSSR count). The molecule has 1 heterocycles. The van der Waals surface area contributed by atoms with Crippen LogP contribution in [0.4, 0.5) is 5.00 Å². The molecule has 2 unspecified atom stereocenters. The first kappa shape index (κ1) is 12.4. The topological polar surface area (TPSA) is 46.3 Å². The predicted octanol–water partition coefficient (Wildman–Crippen LogP) is 2.72. The normalized spacial score (nSPS) is 23.3. The van der Waals surface area contributed by atoms with E-state index in [9.17, 15) is 4.79 Å². The van der Waals surface area contributed by atoms with Gasteiger partial charge in [-0.3, -0.25) is 4.79 Å². The summed E-state index contributed by atoms with van der Waals surface area (Å²) in [5, 5.41) is 0.689. The van der Waals surface area contributed by atoms with Gasteiger partial charge in [0.25, 0.3) is 5.91 Å². The van der Waals surface area contributed by atoms with Gasteiger partial charge in [-0.05, 0) is 30.2 Å². The Kier molecular flexibility index (Phi) is 3.17. The van der Waals surface area contributed by atoms with Crippen LogP contribution in [-0.2, 0) is 6.42 Å². The van der Waals surface area contributed by atoms with E-state index in [0.29, 0.717) is 16.8 Å². The van der Waals surface area contributed by atoms with Crippen molar-refractivity contribution in [1.82, 2.24) is 4.90 Å². The van der Waals surface area contributed by atoms with Crippen molar-refractivity contribution in [2.24, 2.45) is 5.92 Å². The molecule has 4 heteroatoms. The fourth-order valence-corrected chi connectivity index (χ4v) is 4.10. The molecule has 0 aliphatic heterocycles. The van der Waals surface area contributed by atoms with Crippen molar-refractivity contribution in [3.63, 3.8) is 0 Å². The summed E-state index contributed by atoms with van der Waals surface area (Å²) < 4.78 is 0. The standard InChI is InChI=1S/C13H20N2OS/c1-7-5-8(2)10-9(6-7)17-12(14)11(10)13(16)15(3)4/h7-8H,5-6,14H2,1-4H3. The molecule has 1 aromatic rings. The molecular weight excluding hydrogens is 232 g/mol. The van der Waals surface area contributed by atoms with Crippen LogP contribution in [0.3, 0.4) is 0 Å². The number of hydrogen-bond acceptors (Lipinski definition) is 3. The molecule has 2 atom stereocenters. The minimum absolute atomic E-state index is 0.0430. The van der Waals surface area contributed by atoms with Crippen molar-refractivity contribution < 1.29 is 4.79 Å². The van der Waals surface area contributed by atoms with Crippen molar-refractivity contribution in [2.75, 3.05) is 19.8 Å². The number of carbonyl (C=O) groups excluding carboxylic acids is 1. The van der Waals surface area contributed by atoms with Gasteiger partial charge in [0.2, 0.25) is 0 Å². The zero-order valence-corrected chi connectivity index (χ0v) is 11.7. The summed E-state index contributed by atoms with van der Waals surface area (Å²) in [7, 11) is 3.56. The SMILES string of the molecule is CC1Cc2sc(N)c(C(=O)N(C)C)c2C(C)C1. The quantitative estimate of drug-likeness (QED) is 0.835. The van der Waals surface area contributed by atoms with Crippen LogP contribution in [0.2, 0.25) is 0 Å². The molecule has 2 N–H and O–H groups in total. The summed E-state index contributed by atoms with van der Waals surface area (Å²) in [6.45, 7) is 4.47. The first-order valence-electron chi connectivity index (χ1n) is 6.04. The number of carbonyl (C=O) groups is 1. The van der Waals surface area contributed by atoms with E-state index in [0.717, 1.165) is 18.4 Å². The Balaban J connectivity index is 2.51. The second-order valence-corrected chi connectivity index (χ2v) is 6.46. The summed E-state index contributed by atoms with van der Waals surface area (Å²) in [5.41, 5.74) is 8.01. The Labute approximate surface area is 107 Å². The molecule has 1 aromatic heterocycles. The van der Waals surface area contributed by atoms with Crippen LogP contribution in [0.15, 0.2) is 0 Å². The lowest BCUT2D eigenvalue weighted by molar-refractivity contribution is 0.0827. The summed E-state index contributed by atoms with van der Waals surface area (Å²) in [6.07, 6.45) is 2.21. The van der Waals surface area contributed by atoms with Crippen LogP contribution in [0.1, 0.15) is 47.0 Å². The van der Waals surface area contributed by atoms with Gasteiger partial charge in [-0.2, -0.15) is 0 Å². The van der Waals surface area contributed by atoms with Gasteiger partial charge in [0.1, 0.15) is 0 Å². The monoisotopic (exact) mass is 252 g/mol. The smallest absolute Gasteiger partial charge is 0.256 e. The lowest BCUT2D eigenvalue weighted by Gasteiger charge is -2.25. The predicted molar refractivity (Wildman–Crippen MR) is 72.6 cm³/mol. The Hall–Kier alpha value is -1.03. The van der Waals surface area contributed by atoms with Crippen molar-refractivity contribution in [1.29, 1.82) is 0 Å². The number of rotatable bonds is 1. The average molecular weight is 252 g/mol. The lowest BCUT2D eigenvalue weighted by atomic mass is 9.81. The molecule has 1 aliphatic rings. The summed E-state index contributed by atoms with van der Waals surface area (Å²) in [6, 6.07) is 0. The fraction of sp³-hybridized carbons (Fsp3) is 0.615. The number of fused-ring (bicyclic) bond motifs is 1. The maximum absolute atomic E-state index is 12.2. The minimum Gasteiger partial charge on any atom is -0.390 e. The van der Waals surface area contributed by atoms with Gasteiger partial charge < -0.3 is 10.6 Å². The Morgan fingerprint density at radius 3 is 2.65 bits per heavy atom. The number of hydrogen-bond donors (Lipinski definition) is 1. The van der Waals surface area contributed by atoms with E-state index in [-0.39, 0.29) is 5.91 Å². The van der Waals surface area contributed by atoms with Gasteiger partial charge in [-0.1, -0.05) is 13.8 Å². The molecule has 0 fully saturated rings. The van der Waals surface area contributed by atoms with Crippen molar-refractivity contribution in [3.8, 4) is 0 Å². The van der Waals surface area contributed by atoms with E-state index in [1.807, 2.05) is 0 Å². The third kappa shape index (κ3) is 2.06. The molecule has 0 saturated carbocycles. The number of nitrogen functional groups attached to an aromatic ring is 1. The molecule has 94 valence electrons. The first-order valence-corrected chi connectivity index (χ1v) is 6.86. The van der Waals surface area contributed by atoms with Gasteiger partial charge in [0, 0.05) is 19.0 Å². The highest BCUT2D eigenvalue weighted by molar-refractivity contribution is 7.16. The molecule has 0 aromatic carbocycles. The van der Waals surface area contributed by atoms with Crippen LogP contribution in [0, 0.1) is 5.92 Å². The Morgan fingerprint density at radius 2 is 2.06 bits per heavy atom. The van der Waals surface area contributed by atoms with Gasteiger partial charge >= 0.3 is 0 Å². The molecular formula is C13H20N2OS. The summed E-state index contributed by atoms with van der Waals surface area (Å²) >= 11 is 1.60. The van der Waals surface area contributed by atoms with E-state index in [1.165, 1.54) is 10.4 Å². The maximum Gasteiger partial charge on any atom is 0.256 e. The zero-order chi connectivity index (χ0) is 12.7. The van der Waals surface area contributed by atoms with Crippen molar-refractivity contribution in [3.05, 3.63) is 16.0 Å². The van der Waals surface area contributed by atoms with E-state index < -0.39 is 0 Å². The van der Waals surface area contributed by atoms with E-state index in [2.05, 4.69) is 13.8 Å². The number of amides is 1. The summed E-state index contributed by atoms with van der Waals surface area (Å²) in [4.78, 5) is 15.1. The van der Waals surface area contributed by atoms with Gasteiger partial charge in [-0.25, -0.2) is 0 Å². The van der Waals surface area contributed by atoms with Gasteiger partial charge in [0.15, 0.2) is 0 Å². The number of nitrogens with two attached hydrogens (primary N) is 1. The Bertz CT molecular complexity index is 451. The van der Waals surface area contributed by atoms with Crippen LogP contribution >= 0.6 is 11.3 Å². The highest BCUT2D eigenvalue weighted by Gasteiger charge is 2.31. The molecule has 1 aliphatic carbocycles. The molecule has 0 saturated heterocycles. The molecule has 17 heavy (non-hydrogen) atoms.